The van der Waals surface area contributed by atoms with Crippen LogP contribution in [0.3, 0.4) is 0 Å². The van der Waals surface area contributed by atoms with Gasteiger partial charge in [0.1, 0.15) is 11.9 Å². The van der Waals surface area contributed by atoms with Gasteiger partial charge in [0.2, 0.25) is 0 Å². The van der Waals surface area contributed by atoms with Crippen molar-refractivity contribution in [2.24, 2.45) is 5.92 Å². The molecular weight excluding hydrogens is 428 g/mol. The van der Waals surface area contributed by atoms with E-state index in [9.17, 15) is 19.2 Å². The maximum absolute atomic E-state index is 12.5. The summed E-state index contributed by atoms with van der Waals surface area (Å²) < 4.78 is 21.3. The van der Waals surface area contributed by atoms with E-state index in [0.717, 1.165) is 0 Å². The second kappa shape index (κ2) is 15.4. The number of hydrogen-bond acceptors (Lipinski definition) is 8. The first-order valence-corrected chi connectivity index (χ1v) is 11.6. The number of hydrogen-bond donors (Lipinski definition) is 0. The average Bonchev–Trinajstić information content (AvgIpc) is 2.74. The van der Waals surface area contributed by atoms with E-state index in [-0.39, 0.29) is 50.0 Å². The van der Waals surface area contributed by atoms with E-state index in [2.05, 4.69) is 13.2 Å². The molecule has 1 unspecified atom stereocenters. The van der Waals surface area contributed by atoms with E-state index in [0.29, 0.717) is 56.1 Å². The Hall–Kier alpha value is -2.48. The zero-order valence-electron chi connectivity index (χ0n) is 20.2. The van der Waals surface area contributed by atoms with Gasteiger partial charge in [-0.1, -0.05) is 13.2 Å². The third-order valence-electron chi connectivity index (χ3n) is 5.27. The molecule has 8 heteroatoms. The number of esters is 3. The minimum atomic E-state index is -0.449. The molecule has 1 aliphatic rings. The summed E-state index contributed by atoms with van der Waals surface area (Å²) >= 11 is 0. The summed E-state index contributed by atoms with van der Waals surface area (Å²) in [5.41, 5.74) is 0.694. The minimum absolute atomic E-state index is 0.00214. The standard InChI is InChI=1S/C25H38O8/c1-17(2)24(28)30-12-8-6-10-21(26)15-20-14-19(5)32-16-22(20)33-23(27)11-7-9-13-31-25(29)18(3)4/h19-20,22H,1,3,6-16H2,2,4-5H3/t19?,20-,22-/m1/s1. The van der Waals surface area contributed by atoms with Gasteiger partial charge in [0, 0.05) is 36.3 Å². The fourth-order valence-electron chi connectivity index (χ4n) is 3.38. The lowest BCUT2D eigenvalue weighted by atomic mass is 9.87. The summed E-state index contributed by atoms with van der Waals surface area (Å²) in [4.78, 5) is 47.4. The molecule has 1 aliphatic heterocycles. The highest BCUT2D eigenvalue weighted by molar-refractivity contribution is 5.87. The van der Waals surface area contributed by atoms with Crippen molar-refractivity contribution in [2.75, 3.05) is 19.8 Å². The van der Waals surface area contributed by atoms with Gasteiger partial charge in [-0.2, -0.15) is 0 Å². The molecule has 1 rings (SSSR count). The first-order valence-electron chi connectivity index (χ1n) is 11.6. The topological polar surface area (TPSA) is 105 Å². The van der Waals surface area contributed by atoms with Crippen LogP contribution in [-0.4, -0.2) is 55.7 Å². The van der Waals surface area contributed by atoms with Crippen LogP contribution >= 0.6 is 0 Å². The van der Waals surface area contributed by atoms with E-state index < -0.39 is 18.0 Å². The van der Waals surface area contributed by atoms with Gasteiger partial charge in [0.15, 0.2) is 0 Å². The van der Waals surface area contributed by atoms with Crippen molar-refractivity contribution in [3.63, 3.8) is 0 Å². The van der Waals surface area contributed by atoms with Crippen LogP contribution in [0.2, 0.25) is 0 Å². The molecule has 1 heterocycles. The molecular formula is C25H38O8. The Kier molecular flexibility index (Phi) is 13.3. The summed E-state index contributed by atoms with van der Waals surface area (Å²) in [5, 5.41) is 0. The van der Waals surface area contributed by atoms with E-state index in [1.54, 1.807) is 13.8 Å². The molecule has 0 saturated carbocycles. The molecule has 0 N–H and O–H groups in total. The van der Waals surface area contributed by atoms with Crippen molar-refractivity contribution in [2.45, 2.75) is 84.3 Å². The van der Waals surface area contributed by atoms with Crippen LogP contribution in [0.5, 0.6) is 0 Å². The molecule has 1 fully saturated rings. The first kappa shape index (κ1) is 28.6. The molecule has 0 bridgehead atoms. The largest absolute Gasteiger partial charge is 0.462 e. The highest BCUT2D eigenvalue weighted by atomic mass is 16.6. The van der Waals surface area contributed by atoms with Gasteiger partial charge in [0.05, 0.1) is 25.9 Å². The number of rotatable bonds is 15. The summed E-state index contributed by atoms with van der Waals surface area (Å²) in [6.07, 6.45) is 3.45. The molecule has 0 aromatic carbocycles. The van der Waals surface area contributed by atoms with E-state index in [4.69, 9.17) is 18.9 Å². The van der Waals surface area contributed by atoms with Gasteiger partial charge < -0.3 is 18.9 Å². The van der Waals surface area contributed by atoms with Crippen LogP contribution in [0, 0.1) is 5.92 Å². The number of carbonyl (C=O) groups is 4. The van der Waals surface area contributed by atoms with Crippen LogP contribution < -0.4 is 0 Å². The molecule has 0 aliphatic carbocycles. The van der Waals surface area contributed by atoms with Crippen molar-refractivity contribution in [1.29, 1.82) is 0 Å². The van der Waals surface area contributed by atoms with Crippen molar-refractivity contribution < 1.29 is 38.1 Å². The van der Waals surface area contributed by atoms with E-state index in [1.165, 1.54) is 0 Å². The third-order valence-corrected chi connectivity index (χ3v) is 5.27. The van der Waals surface area contributed by atoms with E-state index >= 15 is 0 Å². The maximum Gasteiger partial charge on any atom is 0.333 e. The molecule has 33 heavy (non-hydrogen) atoms. The third kappa shape index (κ3) is 12.4. The fraction of sp³-hybridized carbons (Fsp3) is 0.680. The van der Waals surface area contributed by atoms with E-state index in [1.807, 2.05) is 6.92 Å². The van der Waals surface area contributed by atoms with Crippen LogP contribution in [0.4, 0.5) is 0 Å². The van der Waals surface area contributed by atoms with Crippen molar-refractivity contribution in [3.8, 4) is 0 Å². The van der Waals surface area contributed by atoms with Crippen LogP contribution in [0.25, 0.3) is 0 Å². The molecule has 0 amide bonds. The molecule has 1 saturated heterocycles. The average molecular weight is 467 g/mol. The van der Waals surface area contributed by atoms with Crippen LogP contribution in [-0.2, 0) is 38.1 Å². The molecule has 0 aromatic rings. The summed E-state index contributed by atoms with van der Waals surface area (Å²) in [6, 6.07) is 0. The van der Waals surface area contributed by atoms with Crippen molar-refractivity contribution in [3.05, 3.63) is 24.3 Å². The lowest BCUT2D eigenvalue weighted by Gasteiger charge is -2.34. The highest BCUT2D eigenvalue weighted by Crippen LogP contribution is 2.27. The number of carbonyl (C=O) groups excluding carboxylic acids is 4. The minimum Gasteiger partial charge on any atom is -0.462 e. The van der Waals surface area contributed by atoms with Crippen LogP contribution in [0.15, 0.2) is 24.3 Å². The summed E-state index contributed by atoms with van der Waals surface area (Å²) in [6.45, 7) is 12.9. The number of unbranched alkanes of at least 4 members (excludes halogenated alkanes) is 2. The smallest absolute Gasteiger partial charge is 0.333 e. The monoisotopic (exact) mass is 466 g/mol. The lowest BCUT2D eigenvalue weighted by Crippen LogP contribution is -2.40. The number of ketones is 1. The predicted molar refractivity (Wildman–Crippen MR) is 122 cm³/mol. The SMILES string of the molecule is C=C(C)C(=O)OCCCCC(=O)C[C@H]1CC(C)OC[C@H]1OC(=O)CCCCOC(=O)C(=C)C. The molecule has 3 atom stereocenters. The first-order chi connectivity index (χ1) is 15.6. The normalized spacial score (nSPS) is 19.9. The maximum atomic E-state index is 12.5. The highest BCUT2D eigenvalue weighted by Gasteiger charge is 2.33. The van der Waals surface area contributed by atoms with Crippen LogP contribution in [0.1, 0.15) is 72.1 Å². The van der Waals surface area contributed by atoms with Gasteiger partial charge >= 0.3 is 17.9 Å². The second-order valence-corrected chi connectivity index (χ2v) is 8.66. The number of Topliss-reactive ketones (excluding diaryl/α,β-unsaturated/α-hetero) is 1. The van der Waals surface area contributed by atoms with Gasteiger partial charge in [-0.05, 0) is 52.9 Å². The Morgan fingerprint density at radius 1 is 0.879 bits per heavy atom. The molecule has 186 valence electrons. The van der Waals surface area contributed by atoms with Crippen molar-refractivity contribution in [1.82, 2.24) is 0 Å². The van der Waals surface area contributed by atoms with Crippen molar-refractivity contribution >= 4 is 23.7 Å². The Morgan fingerprint density at radius 3 is 1.97 bits per heavy atom. The lowest BCUT2D eigenvalue weighted by molar-refractivity contribution is -0.166. The predicted octanol–water partition coefficient (Wildman–Crippen LogP) is 3.86. The Balaban J connectivity index is 2.33. The van der Waals surface area contributed by atoms with Gasteiger partial charge in [-0.3, -0.25) is 9.59 Å². The molecule has 0 radical (unpaired) electrons. The number of ether oxygens (including phenoxy) is 4. The molecule has 0 aromatic heterocycles. The quantitative estimate of drug-likeness (QED) is 0.155. The summed E-state index contributed by atoms with van der Waals surface area (Å²) in [7, 11) is 0. The summed E-state index contributed by atoms with van der Waals surface area (Å²) in [5.74, 6) is -1.19. The fourth-order valence-corrected chi connectivity index (χ4v) is 3.38. The Morgan fingerprint density at radius 2 is 1.42 bits per heavy atom. The van der Waals surface area contributed by atoms with Gasteiger partial charge in [0.25, 0.3) is 0 Å². The molecule has 0 spiro atoms. The van der Waals surface area contributed by atoms with Gasteiger partial charge in [-0.25, -0.2) is 9.59 Å². The zero-order chi connectivity index (χ0) is 24.8. The second-order valence-electron chi connectivity index (χ2n) is 8.66. The molecule has 8 nitrogen and oxygen atoms in total. The zero-order valence-corrected chi connectivity index (χ0v) is 20.2. The van der Waals surface area contributed by atoms with Gasteiger partial charge in [-0.15, -0.1) is 0 Å². The Labute approximate surface area is 196 Å². The Bertz CT molecular complexity index is 711.